The Morgan fingerprint density at radius 1 is 1.00 bits per heavy atom. The molecule has 2 aromatic carbocycles. The molecule has 2 N–H and O–H groups in total. The fourth-order valence-electron chi connectivity index (χ4n) is 3.86. The highest BCUT2D eigenvalue weighted by Gasteiger charge is 2.17. The molecule has 3 rings (SSSR count). The van der Waals surface area contributed by atoms with Crippen LogP contribution in [-0.2, 0) is 6.42 Å². The highest BCUT2D eigenvalue weighted by atomic mass is 35.5. The molecular formula is C24H36ClNO2. The molecule has 2 aromatic rings. The van der Waals surface area contributed by atoms with Gasteiger partial charge in [-0.2, -0.15) is 0 Å². The highest BCUT2D eigenvalue weighted by Crippen LogP contribution is 2.33. The average Bonchev–Trinajstić information content (AvgIpc) is 2.72. The first kappa shape index (κ1) is 24.3. The molecule has 0 bridgehead atoms. The van der Waals surface area contributed by atoms with Gasteiger partial charge in [-0.1, -0.05) is 63.1 Å². The molecule has 1 aliphatic rings. The van der Waals surface area contributed by atoms with E-state index in [4.69, 9.17) is 15.2 Å². The summed E-state index contributed by atoms with van der Waals surface area (Å²) in [6, 6.07) is 16.8. The van der Waals surface area contributed by atoms with E-state index in [2.05, 4.69) is 36.4 Å². The Morgan fingerprint density at radius 3 is 2.36 bits per heavy atom. The molecule has 0 amide bonds. The van der Waals surface area contributed by atoms with Crippen LogP contribution in [0.3, 0.4) is 0 Å². The second-order valence-electron chi connectivity index (χ2n) is 7.35. The monoisotopic (exact) mass is 405 g/mol. The van der Waals surface area contributed by atoms with Crippen LogP contribution < -0.4 is 15.2 Å². The van der Waals surface area contributed by atoms with Gasteiger partial charge in [0.1, 0.15) is 0 Å². The lowest BCUT2D eigenvalue weighted by Gasteiger charge is -2.23. The van der Waals surface area contributed by atoms with E-state index in [-0.39, 0.29) is 25.8 Å². The third-order valence-corrected chi connectivity index (χ3v) is 5.47. The van der Waals surface area contributed by atoms with Crippen LogP contribution in [0.15, 0.2) is 48.5 Å². The van der Waals surface area contributed by atoms with E-state index >= 15 is 0 Å². The molecule has 28 heavy (non-hydrogen) atoms. The summed E-state index contributed by atoms with van der Waals surface area (Å²) >= 11 is 0. The number of benzene rings is 2. The van der Waals surface area contributed by atoms with Gasteiger partial charge in [0.15, 0.2) is 11.5 Å². The van der Waals surface area contributed by atoms with Crippen LogP contribution in [-0.4, -0.2) is 20.3 Å². The van der Waals surface area contributed by atoms with E-state index in [9.17, 15) is 0 Å². The largest absolute Gasteiger partial charge is 0.493 e. The minimum absolute atomic E-state index is 0. The normalized spacial score (nSPS) is 15.1. The van der Waals surface area contributed by atoms with E-state index in [0.29, 0.717) is 12.5 Å². The van der Waals surface area contributed by atoms with Crippen molar-refractivity contribution >= 4 is 12.4 Å². The van der Waals surface area contributed by atoms with Gasteiger partial charge >= 0.3 is 0 Å². The lowest BCUT2D eigenvalue weighted by Crippen LogP contribution is -2.17. The number of rotatable bonds is 8. The predicted molar refractivity (Wildman–Crippen MR) is 121 cm³/mol. The molecule has 1 saturated carbocycles. The molecule has 3 nitrogen and oxygen atoms in total. The summed E-state index contributed by atoms with van der Waals surface area (Å²) in [6.45, 7) is 1.40. The Balaban J connectivity index is 0.00000196. The summed E-state index contributed by atoms with van der Waals surface area (Å²) in [7, 11) is 1.70. The summed E-state index contributed by atoms with van der Waals surface area (Å²) in [4.78, 5) is 0. The maximum absolute atomic E-state index is 6.19. The molecule has 0 heterocycles. The summed E-state index contributed by atoms with van der Waals surface area (Å²) < 4.78 is 11.7. The number of ether oxygens (including phenoxy) is 2. The summed E-state index contributed by atoms with van der Waals surface area (Å²) in [5.74, 6) is 2.61. The van der Waals surface area contributed by atoms with E-state index in [1.807, 2.05) is 12.1 Å². The molecule has 1 aliphatic carbocycles. The van der Waals surface area contributed by atoms with Gasteiger partial charge in [0, 0.05) is 5.92 Å². The van der Waals surface area contributed by atoms with Gasteiger partial charge in [-0.05, 0) is 55.0 Å². The van der Waals surface area contributed by atoms with Crippen molar-refractivity contribution in [2.45, 2.75) is 51.9 Å². The molecule has 1 unspecified atom stereocenters. The molecule has 0 spiro atoms. The summed E-state index contributed by atoms with van der Waals surface area (Å²) in [5, 5.41) is 0. The van der Waals surface area contributed by atoms with Gasteiger partial charge in [-0.25, -0.2) is 0 Å². The lowest BCUT2D eigenvalue weighted by atomic mass is 9.90. The number of nitrogens with two attached hydrogens (primary N) is 1. The topological polar surface area (TPSA) is 44.5 Å². The van der Waals surface area contributed by atoms with Crippen molar-refractivity contribution in [2.75, 3.05) is 20.3 Å². The molecule has 156 valence electrons. The Hall–Kier alpha value is -1.71. The molecule has 0 aliphatic heterocycles. The highest BCUT2D eigenvalue weighted by molar-refractivity contribution is 5.85. The maximum Gasteiger partial charge on any atom is 0.161 e. The Labute approximate surface area is 177 Å². The zero-order valence-electron chi connectivity index (χ0n) is 16.2. The average molecular weight is 406 g/mol. The van der Waals surface area contributed by atoms with Crippen LogP contribution >= 0.6 is 12.4 Å². The zero-order chi connectivity index (χ0) is 18.2. The summed E-state index contributed by atoms with van der Waals surface area (Å²) in [6.07, 6.45) is 7.52. The summed E-state index contributed by atoms with van der Waals surface area (Å²) in [5.41, 5.74) is 8.62. The predicted octanol–water partition coefficient (Wildman–Crippen LogP) is 6.00. The van der Waals surface area contributed by atoms with Crippen molar-refractivity contribution in [3.8, 4) is 11.5 Å². The van der Waals surface area contributed by atoms with Crippen LogP contribution in [0, 0.1) is 5.92 Å². The molecule has 1 atom stereocenters. The van der Waals surface area contributed by atoms with E-state index in [1.165, 1.54) is 43.2 Å². The van der Waals surface area contributed by atoms with Crippen molar-refractivity contribution in [1.82, 2.24) is 0 Å². The van der Waals surface area contributed by atoms with E-state index in [1.54, 1.807) is 7.11 Å². The minimum atomic E-state index is 0. The van der Waals surface area contributed by atoms with Gasteiger partial charge in [0.05, 0.1) is 13.7 Å². The van der Waals surface area contributed by atoms with Crippen LogP contribution in [0.5, 0.6) is 11.5 Å². The zero-order valence-corrected chi connectivity index (χ0v) is 17.0. The Bertz CT molecular complexity index is 672. The molecular weight excluding hydrogens is 370 g/mol. The van der Waals surface area contributed by atoms with Crippen molar-refractivity contribution in [1.29, 1.82) is 0 Å². The van der Waals surface area contributed by atoms with Crippen molar-refractivity contribution in [3.05, 3.63) is 59.7 Å². The van der Waals surface area contributed by atoms with Crippen LogP contribution in [0.1, 0.15) is 56.6 Å². The quantitative estimate of drug-likeness (QED) is 0.585. The smallest absolute Gasteiger partial charge is 0.161 e. The third kappa shape index (κ3) is 6.72. The second-order valence-corrected chi connectivity index (χ2v) is 7.35. The van der Waals surface area contributed by atoms with Gasteiger partial charge in [-0.15, -0.1) is 12.4 Å². The lowest BCUT2D eigenvalue weighted by molar-refractivity contribution is 0.202. The third-order valence-electron chi connectivity index (χ3n) is 5.47. The first-order chi connectivity index (χ1) is 12.8. The first-order valence-electron chi connectivity index (χ1n) is 9.85. The molecule has 0 aromatic heterocycles. The Kier molecular flexibility index (Phi) is 11.0. The van der Waals surface area contributed by atoms with E-state index < -0.39 is 0 Å². The van der Waals surface area contributed by atoms with Gasteiger partial charge in [0.2, 0.25) is 0 Å². The number of hydrogen-bond acceptors (Lipinski definition) is 3. The number of methoxy groups -OCH3 is 1. The fraction of sp³-hybridized carbons (Fsp3) is 0.500. The second kappa shape index (κ2) is 12.7. The Morgan fingerprint density at radius 2 is 1.71 bits per heavy atom. The van der Waals surface area contributed by atoms with E-state index in [0.717, 1.165) is 24.5 Å². The van der Waals surface area contributed by atoms with Crippen LogP contribution in [0.2, 0.25) is 0 Å². The van der Waals surface area contributed by atoms with Crippen molar-refractivity contribution < 1.29 is 9.47 Å². The van der Waals surface area contributed by atoms with Crippen LogP contribution in [0.4, 0.5) is 0 Å². The number of hydrogen-bond donors (Lipinski definition) is 1. The van der Waals surface area contributed by atoms with Gasteiger partial charge in [0.25, 0.3) is 0 Å². The minimum Gasteiger partial charge on any atom is -0.493 e. The molecule has 4 heteroatoms. The van der Waals surface area contributed by atoms with Crippen molar-refractivity contribution in [2.24, 2.45) is 11.7 Å². The van der Waals surface area contributed by atoms with Gasteiger partial charge in [-0.3, -0.25) is 0 Å². The fourth-order valence-corrected chi connectivity index (χ4v) is 3.86. The SMILES string of the molecule is C.COc1ccc(C(CN)Cc2ccccc2)cc1OCC1CCCCC1.Cl. The molecule has 1 fully saturated rings. The van der Waals surface area contributed by atoms with Gasteiger partial charge < -0.3 is 15.2 Å². The van der Waals surface area contributed by atoms with Crippen LogP contribution in [0.25, 0.3) is 0 Å². The molecule has 0 radical (unpaired) electrons. The maximum atomic E-state index is 6.19. The standard InChI is InChI=1S/C23H31NO2.CH4.ClH/c1-25-22-13-12-20(21(16-24)14-18-8-4-2-5-9-18)15-23(22)26-17-19-10-6-3-7-11-19;;/h2,4-5,8-9,12-13,15,19,21H,3,6-7,10-11,14,16-17,24H2,1H3;1H4;1H. The molecule has 0 saturated heterocycles. The number of halogens is 1. The first-order valence-corrected chi connectivity index (χ1v) is 9.85. The van der Waals surface area contributed by atoms with Crippen molar-refractivity contribution in [3.63, 3.8) is 0 Å².